The van der Waals surface area contributed by atoms with E-state index < -0.39 is 0 Å². The van der Waals surface area contributed by atoms with Crippen LogP contribution in [0.5, 0.6) is 0 Å². The van der Waals surface area contributed by atoms with Crippen molar-refractivity contribution in [1.82, 2.24) is 9.78 Å². The lowest BCUT2D eigenvalue weighted by atomic mass is 10.3. The van der Waals surface area contributed by atoms with Crippen molar-refractivity contribution in [3.63, 3.8) is 0 Å². The molecule has 0 amide bonds. The van der Waals surface area contributed by atoms with E-state index in [0.29, 0.717) is 4.47 Å². The third-order valence-corrected chi connectivity index (χ3v) is 5.11. The molecule has 0 aliphatic rings. The molecule has 0 aliphatic carbocycles. The number of nitrogens with one attached hydrogen (secondary N) is 1. The summed E-state index contributed by atoms with van der Waals surface area (Å²) in [7, 11) is 1.63. The fourth-order valence-electron chi connectivity index (χ4n) is 1.44. The summed E-state index contributed by atoms with van der Waals surface area (Å²) >= 11 is 7.39. The molecule has 0 unspecified atom stereocenters. The first kappa shape index (κ1) is 14.0. The Morgan fingerprint density at radius 1 is 1.56 bits per heavy atom. The van der Waals surface area contributed by atoms with E-state index in [9.17, 15) is 4.79 Å². The zero-order valence-corrected chi connectivity index (χ0v) is 14.2. The molecular formula is C11H11BrIN3OS. The Balaban J connectivity index is 1.99. The first-order valence-electron chi connectivity index (χ1n) is 5.28. The minimum absolute atomic E-state index is 0.134. The van der Waals surface area contributed by atoms with Crippen molar-refractivity contribution in [2.75, 3.05) is 11.9 Å². The lowest BCUT2D eigenvalue weighted by Crippen LogP contribution is -2.21. The van der Waals surface area contributed by atoms with Crippen molar-refractivity contribution in [2.24, 2.45) is 7.05 Å². The van der Waals surface area contributed by atoms with Gasteiger partial charge in [0, 0.05) is 18.5 Å². The van der Waals surface area contributed by atoms with Gasteiger partial charge in [-0.3, -0.25) is 4.79 Å². The van der Waals surface area contributed by atoms with Crippen molar-refractivity contribution in [2.45, 2.75) is 6.42 Å². The van der Waals surface area contributed by atoms with Crippen LogP contribution in [-0.4, -0.2) is 16.3 Å². The van der Waals surface area contributed by atoms with Crippen LogP contribution in [0.15, 0.2) is 27.6 Å². The Morgan fingerprint density at radius 3 is 3.00 bits per heavy atom. The minimum atomic E-state index is -0.134. The average molecular weight is 440 g/mol. The topological polar surface area (TPSA) is 46.9 Å². The molecule has 2 heterocycles. The Hall–Kier alpha value is -0.410. The molecule has 0 spiro atoms. The van der Waals surface area contributed by atoms with E-state index in [4.69, 9.17) is 0 Å². The monoisotopic (exact) mass is 439 g/mol. The molecule has 0 aliphatic heterocycles. The predicted octanol–water partition coefficient (Wildman–Crippen LogP) is 2.86. The molecule has 1 N–H and O–H groups in total. The standard InChI is InChI=1S/C11H11BrIN3OS/c1-16-11(17)10(12)8(6-15-16)14-5-4-7-2-3-9(13)18-7/h2-3,6,14H,4-5H2,1H3. The van der Waals surface area contributed by atoms with E-state index in [1.54, 1.807) is 24.6 Å². The van der Waals surface area contributed by atoms with E-state index in [2.05, 4.69) is 61.1 Å². The van der Waals surface area contributed by atoms with Crippen LogP contribution in [-0.2, 0) is 13.5 Å². The number of aryl methyl sites for hydroxylation is 1. The van der Waals surface area contributed by atoms with E-state index >= 15 is 0 Å². The smallest absolute Gasteiger partial charge is 0.282 e. The van der Waals surface area contributed by atoms with Crippen LogP contribution in [0.3, 0.4) is 0 Å². The highest BCUT2D eigenvalue weighted by atomic mass is 127. The van der Waals surface area contributed by atoms with Crippen LogP contribution in [0, 0.1) is 2.88 Å². The van der Waals surface area contributed by atoms with Gasteiger partial charge in [-0.15, -0.1) is 11.3 Å². The molecule has 18 heavy (non-hydrogen) atoms. The maximum atomic E-state index is 11.6. The molecule has 0 fully saturated rings. The predicted molar refractivity (Wildman–Crippen MR) is 86.4 cm³/mol. The molecule has 0 radical (unpaired) electrons. The van der Waals surface area contributed by atoms with Crippen LogP contribution >= 0.6 is 49.9 Å². The second-order valence-electron chi connectivity index (χ2n) is 3.68. The maximum absolute atomic E-state index is 11.6. The Kier molecular flexibility index (Phi) is 4.79. The highest BCUT2D eigenvalue weighted by Gasteiger charge is 2.06. The molecule has 2 rings (SSSR count). The number of halogens is 2. The normalized spacial score (nSPS) is 10.6. The van der Waals surface area contributed by atoms with Gasteiger partial charge in [0.15, 0.2) is 0 Å². The Morgan fingerprint density at radius 2 is 2.33 bits per heavy atom. The lowest BCUT2D eigenvalue weighted by molar-refractivity contribution is 0.703. The number of hydrogen-bond donors (Lipinski definition) is 1. The summed E-state index contributed by atoms with van der Waals surface area (Å²) in [5, 5.41) is 7.20. The fourth-order valence-corrected chi connectivity index (χ4v) is 3.69. The zero-order chi connectivity index (χ0) is 13.1. The number of rotatable bonds is 4. The maximum Gasteiger partial charge on any atom is 0.282 e. The average Bonchev–Trinajstić information content (AvgIpc) is 2.75. The molecule has 0 saturated carbocycles. The van der Waals surface area contributed by atoms with Crippen LogP contribution in [0.1, 0.15) is 4.88 Å². The fraction of sp³-hybridized carbons (Fsp3) is 0.273. The largest absolute Gasteiger partial charge is 0.382 e. The van der Waals surface area contributed by atoms with Gasteiger partial charge in [-0.1, -0.05) is 0 Å². The van der Waals surface area contributed by atoms with E-state index in [0.717, 1.165) is 18.7 Å². The van der Waals surface area contributed by atoms with Crippen molar-refractivity contribution in [3.8, 4) is 0 Å². The quantitative estimate of drug-likeness (QED) is 0.745. The van der Waals surface area contributed by atoms with E-state index in [-0.39, 0.29) is 5.56 Å². The van der Waals surface area contributed by atoms with Gasteiger partial charge in [0.05, 0.1) is 14.8 Å². The molecule has 4 nitrogen and oxygen atoms in total. The Bertz CT molecular complexity index is 611. The van der Waals surface area contributed by atoms with Gasteiger partial charge in [0.2, 0.25) is 0 Å². The zero-order valence-electron chi connectivity index (χ0n) is 9.61. The summed E-state index contributed by atoms with van der Waals surface area (Å²) in [5.41, 5.74) is 0.607. The summed E-state index contributed by atoms with van der Waals surface area (Å²) < 4.78 is 3.12. The van der Waals surface area contributed by atoms with Gasteiger partial charge in [0.1, 0.15) is 4.47 Å². The first-order chi connectivity index (χ1) is 8.58. The van der Waals surface area contributed by atoms with Crippen LogP contribution < -0.4 is 10.9 Å². The molecular weight excluding hydrogens is 429 g/mol. The first-order valence-corrected chi connectivity index (χ1v) is 7.96. The molecule has 7 heteroatoms. The summed E-state index contributed by atoms with van der Waals surface area (Å²) in [5.74, 6) is 0. The van der Waals surface area contributed by atoms with Gasteiger partial charge >= 0.3 is 0 Å². The molecule has 0 atom stereocenters. The SMILES string of the molecule is Cn1ncc(NCCc2ccc(I)s2)c(Br)c1=O. The summed E-state index contributed by atoms with van der Waals surface area (Å²) in [4.78, 5) is 13.0. The molecule has 2 aromatic heterocycles. The molecule has 0 bridgehead atoms. The van der Waals surface area contributed by atoms with Crippen molar-refractivity contribution >= 4 is 55.5 Å². The van der Waals surface area contributed by atoms with Crippen molar-refractivity contribution < 1.29 is 0 Å². The summed E-state index contributed by atoms with van der Waals surface area (Å²) in [6.07, 6.45) is 2.60. The number of hydrogen-bond acceptors (Lipinski definition) is 4. The van der Waals surface area contributed by atoms with Gasteiger partial charge in [0.25, 0.3) is 5.56 Å². The number of nitrogens with zero attached hydrogens (tertiary/aromatic N) is 2. The lowest BCUT2D eigenvalue weighted by Gasteiger charge is -2.07. The van der Waals surface area contributed by atoms with Gasteiger partial charge in [-0.05, 0) is 57.1 Å². The number of anilines is 1. The highest BCUT2D eigenvalue weighted by Crippen LogP contribution is 2.19. The summed E-state index contributed by atoms with van der Waals surface area (Å²) in [6.45, 7) is 0.782. The van der Waals surface area contributed by atoms with Crippen molar-refractivity contribution in [3.05, 3.63) is 40.9 Å². The second-order valence-corrected chi connectivity index (χ2v) is 7.54. The molecule has 0 aromatic carbocycles. The van der Waals surface area contributed by atoms with Crippen LogP contribution in [0.25, 0.3) is 0 Å². The molecule has 2 aromatic rings. The third kappa shape index (κ3) is 3.33. The highest BCUT2D eigenvalue weighted by molar-refractivity contribution is 14.1. The minimum Gasteiger partial charge on any atom is -0.382 e. The number of aromatic nitrogens is 2. The molecule has 0 saturated heterocycles. The molecule has 96 valence electrons. The second kappa shape index (κ2) is 6.16. The Labute approximate surface area is 131 Å². The van der Waals surface area contributed by atoms with Gasteiger partial charge < -0.3 is 5.32 Å². The van der Waals surface area contributed by atoms with Gasteiger partial charge in [-0.25, -0.2) is 4.68 Å². The van der Waals surface area contributed by atoms with Crippen LogP contribution in [0.2, 0.25) is 0 Å². The third-order valence-electron chi connectivity index (χ3n) is 2.39. The summed E-state index contributed by atoms with van der Waals surface area (Å²) in [6, 6.07) is 4.24. The van der Waals surface area contributed by atoms with Gasteiger partial charge in [-0.2, -0.15) is 5.10 Å². The van der Waals surface area contributed by atoms with E-state index in [1.807, 2.05) is 0 Å². The van der Waals surface area contributed by atoms with Crippen LogP contribution in [0.4, 0.5) is 5.69 Å². The van der Waals surface area contributed by atoms with E-state index in [1.165, 1.54) is 12.4 Å². The number of thiophene rings is 1. The van der Waals surface area contributed by atoms with Crippen molar-refractivity contribution in [1.29, 1.82) is 0 Å².